The van der Waals surface area contributed by atoms with Crippen LogP contribution in [0.15, 0.2) is 82.6 Å². The first-order chi connectivity index (χ1) is 12.7. The molecular weight excluding hydrogens is 392 g/mol. The highest BCUT2D eigenvalue weighted by molar-refractivity contribution is 9.10. The smallest absolute Gasteiger partial charge is 0.150 e. The highest BCUT2D eigenvalue weighted by Crippen LogP contribution is 2.29. The Labute approximate surface area is 158 Å². The number of anilines is 1. The van der Waals surface area contributed by atoms with Crippen molar-refractivity contribution in [1.82, 2.24) is 9.38 Å². The zero-order chi connectivity index (χ0) is 18.1. The van der Waals surface area contributed by atoms with Gasteiger partial charge in [-0.15, -0.1) is 0 Å². The normalized spacial score (nSPS) is 11.8. The van der Waals surface area contributed by atoms with E-state index < -0.39 is 0 Å². The molecule has 4 aromatic rings. The SMILES string of the molecule is Nc1nc2ccc(/C(=N/O)c3ccccc3)cn2c1-c1ccc(Br)cc1. The predicted molar refractivity (Wildman–Crippen MR) is 107 cm³/mol. The first-order valence-corrected chi connectivity index (χ1v) is 8.78. The molecule has 0 amide bonds. The fourth-order valence-electron chi connectivity index (χ4n) is 2.98. The number of benzene rings is 2. The van der Waals surface area contributed by atoms with Gasteiger partial charge < -0.3 is 10.9 Å². The van der Waals surface area contributed by atoms with Gasteiger partial charge in [-0.05, 0) is 24.3 Å². The van der Waals surface area contributed by atoms with Crippen LogP contribution in [0.3, 0.4) is 0 Å². The van der Waals surface area contributed by atoms with Crippen molar-refractivity contribution >= 4 is 33.1 Å². The van der Waals surface area contributed by atoms with Crippen LogP contribution in [-0.4, -0.2) is 20.3 Å². The molecule has 0 aliphatic carbocycles. The summed E-state index contributed by atoms with van der Waals surface area (Å²) in [6.07, 6.45) is 1.89. The predicted octanol–water partition coefficient (Wildman–Crippen LogP) is 4.57. The molecule has 0 aliphatic rings. The molecule has 0 bridgehead atoms. The minimum atomic E-state index is 0.451. The number of imidazole rings is 1. The van der Waals surface area contributed by atoms with E-state index in [-0.39, 0.29) is 0 Å². The summed E-state index contributed by atoms with van der Waals surface area (Å²) in [5.41, 5.74) is 10.7. The number of nitrogens with two attached hydrogens (primary N) is 1. The van der Waals surface area contributed by atoms with E-state index in [0.717, 1.165) is 32.5 Å². The number of hydrogen-bond acceptors (Lipinski definition) is 4. The lowest BCUT2D eigenvalue weighted by Gasteiger charge is -2.08. The number of rotatable bonds is 3. The topological polar surface area (TPSA) is 75.9 Å². The van der Waals surface area contributed by atoms with Gasteiger partial charge in [0.25, 0.3) is 0 Å². The lowest BCUT2D eigenvalue weighted by Crippen LogP contribution is -2.05. The largest absolute Gasteiger partial charge is 0.410 e. The first kappa shape index (κ1) is 16.4. The Balaban J connectivity index is 1.89. The fraction of sp³-hybridized carbons (Fsp3) is 0. The molecule has 0 saturated heterocycles. The number of pyridine rings is 1. The van der Waals surface area contributed by atoms with E-state index in [0.29, 0.717) is 11.5 Å². The van der Waals surface area contributed by atoms with E-state index >= 15 is 0 Å². The van der Waals surface area contributed by atoms with Crippen molar-refractivity contribution in [3.63, 3.8) is 0 Å². The molecule has 3 N–H and O–H groups in total. The second-order valence-corrected chi connectivity index (χ2v) is 6.73. The van der Waals surface area contributed by atoms with Gasteiger partial charge in [-0.1, -0.05) is 63.6 Å². The van der Waals surface area contributed by atoms with E-state index in [1.165, 1.54) is 0 Å². The number of halogens is 1. The third kappa shape index (κ3) is 2.84. The average molecular weight is 407 g/mol. The minimum absolute atomic E-state index is 0.451. The van der Waals surface area contributed by atoms with Gasteiger partial charge in [0.05, 0.1) is 5.69 Å². The molecule has 0 spiro atoms. The molecule has 2 heterocycles. The number of nitrogen functional groups attached to an aromatic ring is 1. The molecule has 6 heteroatoms. The zero-order valence-electron chi connectivity index (χ0n) is 13.7. The quantitative estimate of drug-likeness (QED) is 0.297. The second-order valence-electron chi connectivity index (χ2n) is 5.81. The van der Waals surface area contributed by atoms with Crippen molar-refractivity contribution in [1.29, 1.82) is 0 Å². The number of fused-ring (bicyclic) bond motifs is 1. The third-order valence-corrected chi connectivity index (χ3v) is 4.71. The maximum Gasteiger partial charge on any atom is 0.150 e. The Morgan fingerprint density at radius 2 is 1.69 bits per heavy atom. The van der Waals surface area contributed by atoms with Gasteiger partial charge >= 0.3 is 0 Å². The molecule has 2 aromatic carbocycles. The Hall–Kier alpha value is -3.12. The molecule has 128 valence electrons. The highest BCUT2D eigenvalue weighted by Gasteiger charge is 2.14. The molecule has 0 fully saturated rings. The van der Waals surface area contributed by atoms with Crippen molar-refractivity contribution in [3.8, 4) is 11.3 Å². The summed E-state index contributed by atoms with van der Waals surface area (Å²) in [5.74, 6) is 0.451. The molecule has 2 aromatic heterocycles. The Morgan fingerprint density at radius 3 is 2.38 bits per heavy atom. The van der Waals surface area contributed by atoms with E-state index in [1.54, 1.807) is 0 Å². The van der Waals surface area contributed by atoms with Crippen LogP contribution in [0.25, 0.3) is 16.9 Å². The maximum atomic E-state index is 9.56. The summed E-state index contributed by atoms with van der Waals surface area (Å²) in [6.45, 7) is 0. The van der Waals surface area contributed by atoms with Crippen molar-refractivity contribution in [2.45, 2.75) is 0 Å². The maximum absolute atomic E-state index is 9.56. The van der Waals surface area contributed by atoms with Gasteiger partial charge in [0.1, 0.15) is 11.4 Å². The summed E-state index contributed by atoms with van der Waals surface area (Å²) in [6, 6.07) is 21.1. The Morgan fingerprint density at radius 1 is 0.962 bits per heavy atom. The molecule has 4 rings (SSSR count). The zero-order valence-corrected chi connectivity index (χ0v) is 15.3. The number of oxime groups is 1. The van der Waals surface area contributed by atoms with Crippen LogP contribution in [-0.2, 0) is 0 Å². The van der Waals surface area contributed by atoms with Gasteiger partial charge in [-0.25, -0.2) is 4.98 Å². The van der Waals surface area contributed by atoms with E-state index in [1.807, 2.05) is 77.3 Å². The fourth-order valence-corrected chi connectivity index (χ4v) is 3.24. The van der Waals surface area contributed by atoms with Crippen molar-refractivity contribution in [2.24, 2.45) is 5.16 Å². The van der Waals surface area contributed by atoms with Crippen LogP contribution >= 0.6 is 15.9 Å². The van der Waals surface area contributed by atoms with Crippen molar-refractivity contribution < 1.29 is 5.21 Å². The van der Waals surface area contributed by atoms with Crippen LogP contribution in [0.2, 0.25) is 0 Å². The van der Waals surface area contributed by atoms with Crippen LogP contribution in [0.5, 0.6) is 0 Å². The van der Waals surface area contributed by atoms with Gasteiger partial charge in [0, 0.05) is 27.4 Å². The summed E-state index contributed by atoms with van der Waals surface area (Å²) >= 11 is 3.45. The van der Waals surface area contributed by atoms with Crippen LogP contribution < -0.4 is 5.73 Å². The number of nitrogens with zero attached hydrogens (tertiary/aromatic N) is 3. The summed E-state index contributed by atoms with van der Waals surface area (Å²) < 4.78 is 2.91. The molecule has 26 heavy (non-hydrogen) atoms. The first-order valence-electron chi connectivity index (χ1n) is 7.99. The number of hydrogen-bond donors (Lipinski definition) is 2. The summed E-state index contributed by atoms with van der Waals surface area (Å²) in [7, 11) is 0. The van der Waals surface area contributed by atoms with Crippen LogP contribution in [0, 0.1) is 0 Å². The lowest BCUT2D eigenvalue weighted by atomic mass is 10.0. The minimum Gasteiger partial charge on any atom is -0.410 e. The van der Waals surface area contributed by atoms with E-state index in [4.69, 9.17) is 5.73 Å². The molecule has 0 atom stereocenters. The second kappa shape index (κ2) is 6.65. The van der Waals surface area contributed by atoms with Gasteiger partial charge in [-0.2, -0.15) is 0 Å². The van der Waals surface area contributed by atoms with E-state index in [2.05, 4.69) is 26.1 Å². The molecule has 0 aliphatic heterocycles. The van der Waals surface area contributed by atoms with Crippen molar-refractivity contribution in [3.05, 3.63) is 88.5 Å². The summed E-state index contributed by atoms with van der Waals surface area (Å²) in [5, 5.41) is 13.1. The summed E-state index contributed by atoms with van der Waals surface area (Å²) in [4.78, 5) is 4.44. The standard InChI is InChI=1S/C20H15BrN4O/c21-16-9-6-14(7-10-16)19-20(22)23-17-11-8-15(12-25(17)19)18(24-26)13-4-2-1-3-5-13/h1-12,26H,22H2/b24-18+. The Kier molecular flexibility index (Phi) is 4.18. The average Bonchev–Trinajstić information content (AvgIpc) is 2.99. The number of aromatic nitrogens is 2. The van der Waals surface area contributed by atoms with E-state index in [9.17, 15) is 5.21 Å². The molecule has 0 unspecified atom stereocenters. The van der Waals surface area contributed by atoms with Crippen LogP contribution in [0.4, 0.5) is 5.82 Å². The van der Waals surface area contributed by atoms with Gasteiger partial charge in [0.15, 0.2) is 5.82 Å². The van der Waals surface area contributed by atoms with Crippen LogP contribution in [0.1, 0.15) is 11.1 Å². The lowest BCUT2D eigenvalue weighted by molar-refractivity contribution is 0.319. The monoisotopic (exact) mass is 406 g/mol. The molecule has 0 saturated carbocycles. The third-order valence-electron chi connectivity index (χ3n) is 4.18. The molecular formula is C20H15BrN4O. The van der Waals surface area contributed by atoms with Gasteiger partial charge in [-0.3, -0.25) is 4.40 Å². The molecule has 0 radical (unpaired) electrons. The van der Waals surface area contributed by atoms with Crippen molar-refractivity contribution in [2.75, 3.05) is 5.73 Å². The Bertz CT molecular complexity index is 1100. The van der Waals surface area contributed by atoms with Gasteiger partial charge in [0.2, 0.25) is 0 Å². The highest BCUT2D eigenvalue weighted by atomic mass is 79.9. The molecule has 5 nitrogen and oxygen atoms in total.